The van der Waals surface area contributed by atoms with Gasteiger partial charge in [0, 0.05) is 33.3 Å². The summed E-state index contributed by atoms with van der Waals surface area (Å²) in [5.74, 6) is 0. The normalized spacial score (nSPS) is 13.9. The second-order valence-corrected chi connectivity index (χ2v) is 19.0. The minimum Gasteiger partial charge on any atom is -0.455 e. The van der Waals surface area contributed by atoms with Crippen molar-refractivity contribution in [2.45, 2.75) is 10.8 Å². The lowest BCUT2D eigenvalue weighted by atomic mass is 9.67. The van der Waals surface area contributed by atoms with Gasteiger partial charge in [-0.1, -0.05) is 224 Å². The molecule has 15 rings (SSSR count). The minimum absolute atomic E-state index is 0.491. The first-order valence-electron chi connectivity index (χ1n) is 24.3. The minimum atomic E-state index is -0.568. The highest BCUT2D eigenvalue weighted by Gasteiger charge is 2.53. The van der Waals surface area contributed by atoms with Crippen LogP contribution in [0.25, 0.3) is 66.4 Å². The van der Waals surface area contributed by atoms with Gasteiger partial charge >= 0.3 is 0 Å². The van der Waals surface area contributed by atoms with E-state index in [0.717, 1.165) is 50.1 Å². The van der Waals surface area contributed by atoms with Gasteiger partial charge < -0.3 is 9.32 Å². The van der Waals surface area contributed by atoms with Crippen molar-refractivity contribution in [2.75, 3.05) is 4.90 Å². The molecule has 0 bridgehead atoms. The van der Waals surface area contributed by atoms with Gasteiger partial charge in [-0.25, -0.2) is 0 Å². The maximum atomic E-state index is 6.69. The quantitative estimate of drug-likeness (QED) is 0.165. The molecule has 0 N–H and O–H groups in total. The molecule has 12 aromatic rings. The lowest BCUT2D eigenvalue weighted by molar-refractivity contribution is 0.670. The molecule has 0 saturated heterocycles. The Labute approximate surface area is 407 Å². The zero-order valence-electron chi connectivity index (χ0n) is 38.2. The summed E-state index contributed by atoms with van der Waals surface area (Å²) in [5, 5.41) is 2.24. The van der Waals surface area contributed by atoms with Crippen LogP contribution >= 0.6 is 0 Å². The van der Waals surface area contributed by atoms with E-state index >= 15 is 0 Å². The van der Waals surface area contributed by atoms with Crippen molar-refractivity contribution in [2.24, 2.45) is 0 Å². The predicted octanol–water partition coefficient (Wildman–Crippen LogP) is 17.4. The summed E-state index contributed by atoms with van der Waals surface area (Å²) in [6.07, 6.45) is 0. The number of hydrogen-bond donors (Lipinski definition) is 0. The van der Waals surface area contributed by atoms with E-state index < -0.39 is 10.8 Å². The maximum Gasteiger partial charge on any atom is 0.143 e. The predicted molar refractivity (Wildman–Crippen MR) is 287 cm³/mol. The van der Waals surface area contributed by atoms with E-state index in [-0.39, 0.29) is 0 Å². The standard InChI is InChI=1S/C68H43NO/c1-3-21-45(22-4-1)67(46-23-5-2-6-24-46)57-33-12-7-28-52(57)53-41-40-48(43-62(53)67)69(47-25-17-20-44(42-47)49-31-18-32-55-54-29-11-16-39-64(54)70-66(49)55)63-38-19-37-61-65(63)56-30-10-15-36-60(56)68(61)58-34-13-8-26-50(58)51-27-9-14-35-59(51)68/h1-43H. The molecule has 0 saturated carbocycles. The van der Waals surface area contributed by atoms with Crippen LogP contribution in [0.5, 0.6) is 0 Å². The first kappa shape index (κ1) is 39.1. The Morgan fingerprint density at radius 1 is 0.300 bits per heavy atom. The molecule has 0 aliphatic heterocycles. The average Bonchev–Trinajstić information content (AvgIpc) is 4.15. The number of nitrogens with zero attached hydrogens (tertiary/aromatic N) is 1. The van der Waals surface area contributed by atoms with E-state index in [9.17, 15) is 0 Å². The van der Waals surface area contributed by atoms with Gasteiger partial charge in [0.2, 0.25) is 0 Å². The zero-order chi connectivity index (χ0) is 46.0. The van der Waals surface area contributed by atoms with Crippen molar-refractivity contribution in [1.82, 2.24) is 0 Å². The summed E-state index contributed by atoms with van der Waals surface area (Å²) in [4.78, 5) is 2.54. The monoisotopic (exact) mass is 889 g/mol. The molecule has 2 heteroatoms. The Balaban J connectivity index is 1.03. The SMILES string of the molecule is c1ccc(C2(c3ccccc3)c3ccccc3-c3ccc(N(c4cccc(-c5cccc6c5oc5ccccc56)c4)c4cccc5c4-c4ccccc4C54c5ccccc5-c5ccccc54)cc32)cc1. The molecule has 1 heterocycles. The fourth-order valence-corrected chi connectivity index (χ4v) is 13.1. The summed E-state index contributed by atoms with van der Waals surface area (Å²) >= 11 is 0. The van der Waals surface area contributed by atoms with Gasteiger partial charge in [0.25, 0.3) is 0 Å². The Morgan fingerprint density at radius 3 is 1.47 bits per heavy atom. The van der Waals surface area contributed by atoms with Gasteiger partial charge in [0.15, 0.2) is 0 Å². The van der Waals surface area contributed by atoms with E-state index in [1.807, 2.05) is 6.07 Å². The van der Waals surface area contributed by atoms with Gasteiger partial charge in [-0.05, 0) is 114 Å². The van der Waals surface area contributed by atoms with Crippen molar-refractivity contribution < 1.29 is 4.42 Å². The van der Waals surface area contributed by atoms with Crippen molar-refractivity contribution in [3.63, 3.8) is 0 Å². The van der Waals surface area contributed by atoms with Crippen LogP contribution in [-0.2, 0) is 10.8 Å². The lowest BCUT2D eigenvalue weighted by Gasteiger charge is -2.35. The van der Waals surface area contributed by atoms with Crippen molar-refractivity contribution >= 4 is 39.0 Å². The van der Waals surface area contributed by atoms with Crippen LogP contribution in [0.1, 0.15) is 44.5 Å². The van der Waals surface area contributed by atoms with Crippen LogP contribution < -0.4 is 4.90 Å². The molecule has 0 radical (unpaired) electrons. The van der Waals surface area contributed by atoms with E-state index in [4.69, 9.17) is 4.42 Å². The molecule has 0 fully saturated rings. The van der Waals surface area contributed by atoms with Crippen molar-refractivity contribution in [3.8, 4) is 44.5 Å². The highest BCUT2D eigenvalue weighted by atomic mass is 16.3. The smallest absolute Gasteiger partial charge is 0.143 e. The molecule has 3 aliphatic rings. The summed E-state index contributed by atoms with van der Waals surface area (Å²) < 4.78 is 6.69. The van der Waals surface area contributed by atoms with E-state index in [1.54, 1.807) is 0 Å². The van der Waals surface area contributed by atoms with Crippen LogP contribution in [-0.4, -0.2) is 0 Å². The van der Waals surface area contributed by atoms with Crippen LogP contribution in [0.3, 0.4) is 0 Å². The molecule has 1 aromatic heterocycles. The number of anilines is 3. The molecule has 11 aromatic carbocycles. The molecular weight excluding hydrogens is 847 g/mol. The van der Waals surface area contributed by atoms with E-state index in [0.29, 0.717) is 0 Å². The topological polar surface area (TPSA) is 16.4 Å². The second kappa shape index (κ2) is 14.8. The molecule has 3 aliphatic carbocycles. The second-order valence-electron chi connectivity index (χ2n) is 19.0. The van der Waals surface area contributed by atoms with Gasteiger partial charge in [-0.15, -0.1) is 0 Å². The van der Waals surface area contributed by atoms with Gasteiger partial charge in [0.1, 0.15) is 11.2 Å². The number of fused-ring (bicyclic) bond motifs is 16. The summed E-state index contributed by atoms with van der Waals surface area (Å²) in [6, 6.07) is 96.8. The van der Waals surface area contributed by atoms with Crippen molar-refractivity contribution in [1.29, 1.82) is 0 Å². The van der Waals surface area contributed by atoms with Crippen LogP contribution in [0.15, 0.2) is 265 Å². The number of furan rings is 1. The largest absolute Gasteiger partial charge is 0.455 e. The Hall–Kier alpha value is -8.98. The molecule has 2 nitrogen and oxygen atoms in total. The number of para-hydroxylation sites is 2. The third-order valence-corrected chi connectivity index (χ3v) is 15.8. The average molecular weight is 890 g/mol. The zero-order valence-corrected chi connectivity index (χ0v) is 38.2. The van der Waals surface area contributed by atoms with Crippen LogP contribution in [0.2, 0.25) is 0 Å². The fraction of sp³-hybridized carbons (Fsp3) is 0.0294. The van der Waals surface area contributed by atoms with Crippen LogP contribution in [0, 0.1) is 0 Å². The number of benzene rings is 11. The Bertz CT molecular complexity index is 4000. The molecule has 0 unspecified atom stereocenters. The van der Waals surface area contributed by atoms with Gasteiger partial charge in [-0.3, -0.25) is 0 Å². The van der Waals surface area contributed by atoms with E-state index in [2.05, 4.69) is 260 Å². The molecule has 1 spiro atoms. The first-order chi connectivity index (χ1) is 34.7. The van der Waals surface area contributed by atoms with Crippen LogP contribution in [0.4, 0.5) is 17.1 Å². The highest BCUT2D eigenvalue weighted by Crippen LogP contribution is 2.65. The molecule has 70 heavy (non-hydrogen) atoms. The first-order valence-corrected chi connectivity index (χ1v) is 24.3. The molecule has 0 amide bonds. The van der Waals surface area contributed by atoms with Gasteiger partial charge in [-0.2, -0.15) is 0 Å². The molecule has 326 valence electrons. The summed E-state index contributed by atoms with van der Waals surface area (Å²) in [6.45, 7) is 0. The fourth-order valence-electron chi connectivity index (χ4n) is 13.1. The van der Waals surface area contributed by atoms with E-state index in [1.165, 1.54) is 77.9 Å². The lowest BCUT2D eigenvalue weighted by Crippen LogP contribution is -2.28. The summed E-state index contributed by atoms with van der Waals surface area (Å²) in [7, 11) is 0. The number of rotatable bonds is 6. The number of hydrogen-bond acceptors (Lipinski definition) is 2. The Morgan fingerprint density at radius 2 is 0.786 bits per heavy atom. The highest BCUT2D eigenvalue weighted by molar-refractivity contribution is 6.10. The molecular formula is C68H43NO. The maximum absolute atomic E-state index is 6.69. The Kier molecular flexibility index (Phi) is 8.24. The molecule has 0 atom stereocenters. The summed E-state index contributed by atoms with van der Waals surface area (Å²) in [5.41, 5.74) is 24.1. The third-order valence-electron chi connectivity index (χ3n) is 15.8. The van der Waals surface area contributed by atoms with Crippen molar-refractivity contribution in [3.05, 3.63) is 305 Å². The third kappa shape index (κ3) is 5.12. The van der Waals surface area contributed by atoms with Gasteiger partial charge in [0.05, 0.1) is 16.5 Å².